The van der Waals surface area contributed by atoms with Gasteiger partial charge in [-0.15, -0.1) is 0 Å². The maximum absolute atomic E-state index is 15.3. The summed E-state index contributed by atoms with van der Waals surface area (Å²) in [7, 11) is 3.11. The van der Waals surface area contributed by atoms with Crippen LogP contribution in [-0.4, -0.2) is 63.7 Å². The van der Waals surface area contributed by atoms with Crippen molar-refractivity contribution in [2.45, 2.75) is 19.3 Å². The number of rotatable bonds is 11. The number of para-hydroxylation sites is 1. The van der Waals surface area contributed by atoms with Gasteiger partial charge in [0.05, 0.1) is 30.6 Å². The van der Waals surface area contributed by atoms with E-state index in [2.05, 4.69) is 14.9 Å². The van der Waals surface area contributed by atoms with Crippen LogP contribution in [0.1, 0.15) is 24.8 Å². The zero-order valence-corrected chi connectivity index (χ0v) is 26.9. The third-order valence-corrected chi connectivity index (χ3v) is 8.48. The molecule has 1 N–H and O–H groups in total. The average Bonchev–Trinajstić information content (AvgIpc) is 3.61. The second-order valence-electron chi connectivity index (χ2n) is 11.1. The van der Waals surface area contributed by atoms with Gasteiger partial charge in [0.25, 0.3) is 5.56 Å². The fourth-order valence-electron chi connectivity index (χ4n) is 5.52. The third-order valence-electron chi connectivity index (χ3n) is 8.02. The summed E-state index contributed by atoms with van der Waals surface area (Å²) in [5, 5.41) is 11.3. The Morgan fingerprint density at radius 2 is 1.81 bits per heavy atom. The molecule has 1 fully saturated rings. The van der Waals surface area contributed by atoms with Crippen molar-refractivity contribution in [3.63, 3.8) is 0 Å². The Morgan fingerprint density at radius 3 is 2.55 bits per heavy atom. The molecule has 0 saturated carbocycles. The van der Waals surface area contributed by atoms with Gasteiger partial charge in [-0.1, -0.05) is 18.2 Å². The molecule has 0 amide bonds. The Balaban J connectivity index is 1.21. The summed E-state index contributed by atoms with van der Waals surface area (Å²) in [4.78, 5) is 24.5. The van der Waals surface area contributed by atoms with E-state index in [1.807, 2.05) is 6.07 Å². The van der Waals surface area contributed by atoms with E-state index in [4.69, 9.17) is 26.4 Å². The van der Waals surface area contributed by atoms with Gasteiger partial charge in [-0.2, -0.15) is 0 Å². The molecule has 2 aromatic heterocycles. The number of aromatic hydroxyl groups is 1. The number of nitrogens with zero attached hydrogens (tertiary/aromatic N) is 5. The van der Waals surface area contributed by atoms with E-state index in [0.717, 1.165) is 26.1 Å². The van der Waals surface area contributed by atoms with Crippen LogP contribution < -0.4 is 19.8 Å². The first-order valence-corrected chi connectivity index (χ1v) is 15.7. The topological polar surface area (TPSA) is 103 Å². The summed E-state index contributed by atoms with van der Waals surface area (Å²) in [6, 6.07) is 18.2. The highest BCUT2D eigenvalue weighted by Crippen LogP contribution is 2.38. The van der Waals surface area contributed by atoms with Crippen molar-refractivity contribution in [2.75, 3.05) is 33.4 Å². The molecule has 242 valence electrons. The maximum Gasteiger partial charge on any atom is 0.271 e. The lowest BCUT2D eigenvalue weighted by Gasteiger charge is -2.16. The molecular formula is C35H34FN5O5S. The van der Waals surface area contributed by atoms with E-state index < -0.39 is 11.4 Å². The van der Waals surface area contributed by atoms with Crippen molar-refractivity contribution in [1.82, 2.24) is 19.0 Å². The number of ether oxygens (including phenoxy) is 3. The van der Waals surface area contributed by atoms with Crippen LogP contribution >= 0.6 is 12.2 Å². The second-order valence-corrected chi connectivity index (χ2v) is 11.5. The van der Waals surface area contributed by atoms with Crippen molar-refractivity contribution in [2.24, 2.45) is 12.0 Å². The molecule has 1 aliphatic rings. The fourth-order valence-corrected chi connectivity index (χ4v) is 5.79. The predicted octanol–water partition coefficient (Wildman–Crippen LogP) is 6.71. The normalized spacial score (nSPS) is 13.4. The zero-order chi connectivity index (χ0) is 32.9. The number of halogens is 1. The summed E-state index contributed by atoms with van der Waals surface area (Å²) in [5.74, 6) is 0.422. The Hall–Kier alpha value is -5.07. The van der Waals surface area contributed by atoms with E-state index in [1.165, 1.54) is 40.3 Å². The van der Waals surface area contributed by atoms with Crippen LogP contribution in [0.4, 0.5) is 10.1 Å². The molecule has 0 radical (unpaired) electrons. The smallest absolute Gasteiger partial charge is 0.271 e. The molecule has 3 aromatic carbocycles. The highest BCUT2D eigenvalue weighted by molar-refractivity contribution is 7.71. The summed E-state index contributed by atoms with van der Waals surface area (Å²) in [6.45, 7) is 3.84. The van der Waals surface area contributed by atoms with E-state index in [0.29, 0.717) is 40.4 Å². The van der Waals surface area contributed by atoms with Crippen LogP contribution in [0.2, 0.25) is 0 Å². The molecule has 10 nitrogen and oxygen atoms in total. The van der Waals surface area contributed by atoms with Crippen molar-refractivity contribution in [3.8, 4) is 34.6 Å². The molecule has 12 heteroatoms. The summed E-state index contributed by atoms with van der Waals surface area (Å²) < 4.78 is 35.7. The first-order valence-electron chi connectivity index (χ1n) is 15.3. The van der Waals surface area contributed by atoms with Crippen LogP contribution in [0.15, 0.2) is 82.7 Å². The number of aromatic nitrogens is 3. The van der Waals surface area contributed by atoms with Crippen LogP contribution in [-0.2, 0) is 7.05 Å². The lowest BCUT2D eigenvalue weighted by Crippen LogP contribution is -2.26. The number of hydrogen-bond acceptors (Lipinski definition) is 9. The van der Waals surface area contributed by atoms with Gasteiger partial charge < -0.3 is 24.2 Å². The zero-order valence-electron chi connectivity index (χ0n) is 26.1. The average molecular weight is 656 g/mol. The van der Waals surface area contributed by atoms with Crippen molar-refractivity contribution in [3.05, 3.63) is 99.4 Å². The molecule has 1 saturated heterocycles. The van der Waals surface area contributed by atoms with Gasteiger partial charge in [0, 0.05) is 43.5 Å². The molecular weight excluding hydrogens is 621 g/mol. The minimum Gasteiger partial charge on any atom is -0.494 e. The number of fused-ring (bicyclic) bond motifs is 1. The molecule has 0 aliphatic carbocycles. The molecule has 3 heterocycles. The Morgan fingerprint density at radius 1 is 1.02 bits per heavy atom. The van der Waals surface area contributed by atoms with Gasteiger partial charge >= 0.3 is 0 Å². The minimum atomic E-state index is -0.674. The monoisotopic (exact) mass is 655 g/mol. The largest absolute Gasteiger partial charge is 0.494 e. The van der Waals surface area contributed by atoms with E-state index >= 15 is 4.39 Å². The van der Waals surface area contributed by atoms with Crippen LogP contribution in [0.25, 0.3) is 16.6 Å². The first kappa shape index (κ1) is 31.9. The fraction of sp³-hybridized carbons (Fsp3) is 0.257. The summed E-state index contributed by atoms with van der Waals surface area (Å²) in [6.07, 6.45) is 6.19. The van der Waals surface area contributed by atoms with Gasteiger partial charge in [0.1, 0.15) is 11.3 Å². The number of benzene rings is 3. The third kappa shape index (κ3) is 6.88. The lowest BCUT2D eigenvalue weighted by molar-refractivity contribution is 0.254. The first-order chi connectivity index (χ1) is 22.8. The Kier molecular flexibility index (Phi) is 9.60. The van der Waals surface area contributed by atoms with Crippen molar-refractivity contribution >= 4 is 35.0 Å². The Labute approximate surface area is 275 Å². The number of hydrogen-bond donors (Lipinski definition) is 1. The molecule has 0 atom stereocenters. The Bertz CT molecular complexity index is 2060. The standard InChI is InChI=1S/C35H34FN5O5S/c1-39-33(42)26(34(43)41(35(39)47)24-9-4-3-5-10-24)22-38-23-11-12-30(27(36)19-23)46-29-13-14-37-28-21-32(31(44-2)20-25(28)29)45-18-8-17-40-15-6-7-16-40/h3-5,9-14,19-22,42H,6-8,15-18H2,1-2H3. The van der Waals surface area contributed by atoms with Crippen LogP contribution in [0.5, 0.6) is 28.9 Å². The van der Waals surface area contributed by atoms with E-state index in [-0.39, 0.29) is 27.7 Å². The van der Waals surface area contributed by atoms with Gasteiger partial charge in [0.15, 0.2) is 27.8 Å². The SMILES string of the molecule is COc1cc2c(Oc3ccc(N=Cc4c(O)n(C)c(=S)n(-c5ccccc5)c4=O)cc3F)ccnc2cc1OCCCN1CCCC1. The van der Waals surface area contributed by atoms with Gasteiger partial charge in [-0.05, 0) is 81.0 Å². The molecule has 5 aromatic rings. The van der Waals surface area contributed by atoms with Gasteiger partial charge in [-0.25, -0.2) is 4.39 Å². The van der Waals surface area contributed by atoms with Gasteiger partial charge in [0.2, 0.25) is 5.88 Å². The molecule has 0 bridgehead atoms. The van der Waals surface area contributed by atoms with E-state index in [9.17, 15) is 9.90 Å². The molecule has 0 unspecified atom stereocenters. The van der Waals surface area contributed by atoms with Crippen LogP contribution in [0.3, 0.4) is 0 Å². The second kappa shape index (κ2) is 14.1. The molecule has 1 aliphatic heterocycles. The quantitative estimate of drug-likeness (QED) is 0.0952. The van der Waals surface area contributed by atoms with Crippen LogP contribution in [0, 0.1) is 10.6 Å². The number of aliphatic imine (C=N–C) groups is 1. The van der Waals surface area contributed by atoms with E-state index in [1.54, 1.807) is 68.9 Å². The number of likely N-dealkylation sites (tertiary alicyclic amines) is 1. The minimum absolute atomic E-state index is 0.0335. The molecule has 47 heavy (non-hydrogen) atoms. The van der Waals surface area contributed by atoms with Crippen molar-refractivity contribution < 1.29 is 23.7 Å². The number of methoxy groups -OCH3 is 1. The molecule has 6 rings (SSSR count). The lowest BCUT2D eigenvalue weighted by atomic mass is 10.1. The summed E-state index contributed by atoms with van der Waals surface area (Å²) in [5.41, 5.74) is 0.698. The maximum atomic E-state index is 15.3. The number of pyridine rings is 1. The van der Waals surface area contributed by atoms with Gasteiger partial charge in [-0.3, -0.25) is 23.9 Å². The molecule has 0 spiro atoms. The highest BCUT2D eigenvalue weighted by atomic mass is 32.1. The predicted molar refractivity (Wildman–Crippen MR) is 181 cm³/mol. The highest BCUT2D eigenvalue weighted by Gasteiger charge is 2.17. The summed E-state index contributed by atoms with van der Waals surface area (Å²) >= 11 is 5.40. The van der Waals surface area contributed by atoms with Crippen molar-refractivity contribution in [1.29, 1.82) is 0 Å².